The zero-order valence-electron chi connectivity index (χ0n) is 14.0. The number of rotatable bonds is 4. The molecule has 0 saturated carbocycles. The highest BCUT2D eigenvalue weighted by molar-refractivity contribution is 5.59. The Kier molecular flexibility index (Phi) is 5.34. The summed E-state index contributed by atoms with van der Waals surface area (Å²) in [5.41, 5.74) is 4.78. The third-order valence-corrected chi connectivity index (χ3v) is 4.83. The summed E-state index contributed by atoms with van der Waals surface area (Å²) in [6, 6.07) is 43.1. The first kappa shape index (κ1) is 17.7. The van der Waals surface area contributed by atoms with Gasteiger partial charge in [-0.05, 0) is 22.3 Å². The Morgan fingerprint density at radius 2 is 0.500 bits per heavy atom. The molecule has 0 fully saturated rings. The lowest BCUT2D eigenvalue weighted by atomic mass is 9.65. The van der Waals surface area contributed by atoms with Crippen molar-refractivity contribution >= 4 is 0 Å². The van der Waals surface area contributed by atoms with Crippen LogP contribution in [-0.2, 0) is 5.41 Å². The van der Waals surface area contributed by atoms with Crippen LogP contribution in [0, 0.1) is 0 Å². The number of hydrogen-bond acceptors (Lipinski definition) is 0. The molecular formula is C26H24. The quantitative estimate of drug-likeness (QED) is 0.363. The average molecular weight is 336 g/mol. The highest BCUT2D eigenvalue weighted by Gasteiger charge is 2.37. The largest absolute Gasteiger partial charge is 0.0776 e. The third kappa shape index (κ3) is 2.95. The van der Waals surface area contributed by atoms with Crippen LogP contribution in [0.2, 0.25) is 0 Å². The Labute approximate surface area is 156 Å². The maximum absolute atomic E-state index is 2.23. The molecule has 4 aromatic rings. The van der Waals surface area contributed by atoms with Crippen LogP contribution in [0.4, 0.5) is 0 Å². The van der Waals surface area contributed by atoms with E-state index in [0.717, 1.165) is 0 Å². The second-order valence-corrected chi connectivity index (χ2v) is 6.21. The van der Waals surface area contributed by atoms with Crippen molar-refractivity contribution in [2.75, 3.05) is 0 Å². The lowest BCUT2D eigenvalue weighted by Gasteiger charge is -2.36. The van der Waals surface area contributed by atoms with E-state index in [0.29, 0.717) is 0 Å². The average Bonchev–Trinajstić information content (AvgIpc) is 2.72. The van der Waals surface area contributed by atoms with E-state index < -0.39 is 0 Å². The minimum Gasteiger partial charge on any atom is -0.0776 e. The van der Waals surface area contributed by atoms with Gasteiger partial charge in [-0.3, -0.25) is 0 Å². The molecule has 0 atom stereocenters. The van der Waals surface area contributed by atoms with Crippen LogP contribution >= 0.6 is 0 Å². The van der Waals surface area contributed by atoms with Crippen molar-refractivity contribution in [2.45, 2.75) is 12.8 Å². The van der Waals surface area contributed by atoms with Gasteiger partial charge in [-0.25, -0.2) is 0 Å². The predicted octanol–water partition coefficient (Wildman–Crippen LogP) is 6.71. The molecule has 4 rings (SSSR count). The van der Waals surface area contributed by atoms with Crippen molar-refractivity contribution < 1.29 is 0 Å². The molecule has 0 heteroatoms. The van der Waals surface area contributed by atoms with Gasteiger partial charge in [0.15, 0.2) is 0 Å². The maximum Gasteiger partial charge on any atom is 0.0701 e. The standard InChI is InChI=1S/C25H20.CH4/c1-5-13-21(14-6-1)25(22-15-7-2-8-16-22,23-17-9-3-10-18-23)24-19-11-4-12-20-24;/h1-20H;1H4. The van der Waals surface area contributed by atoms with Crippen LogP contribution in [0.3, 0.4) is 0 Å². The van der Waals surface area contributed by atoms with Gasteiger partial charge in [0.25, 0.3) is 0 Å². The second kappa shape index (κ2) is 7.84. The SMILES string of the molecule is C.c1ccc(C(c2ccccc2)(c2ccccc2)c2ccccc2)cc1. The molecule has 0 unspecified atom stereocenters. The van der Waals surface area contributed by atoms with Crippen molar-refractivity contribution in [2.24, 2.45) is 0 Å². The molecule has 128 valence electrons. The molecule has 0 radical (unpaired) electrons. The molecule has 0 aliphatic carbocycles. The van der Waals surface area contributed by atoms with Gasteiger partial charge >= 0.3 is 0 Å². The van der Waals surface area contributed by atoms with Crippen molar-refractivity contribution in [3.8, 4) is 0 Å². The van der Waals surface area contributed by atoms with Crippen molar-refractivity contribution in [3.63, 3.8) is 0 Å². The molecular weight excluding hydrogens is 312 g/mol. The first-order valence-corrected chi connectivity index (χ1v) is 8.64. The van der Waals surface area contributed by atoms with Gasteiger partial charge < -0.3 is 0 Å². The lowest BCUT2D eigenvalue weighted by molar-refractivity contribution is 0.745. The van der Waals surface area contributed by atoms with E-state index in [1.54, 1.807) is 0 Å². The summed E-state index contributed by atoms with van der Waals surface area (Å²) in [4.78, 5) is 0. The van der Waals surface area contributed by atoms with Gasteiger partial charge in [0.05, 0.1) is 5.41 Å². The minimum atomic E-state index is -0.328. The molecule has 0 aliphatic heterocycles. The summed E-state index contributed by atoms with van der Waals surface area (Å²) in [6.07, 6.45) is 0. The molecule has 0 N–H and O–H groups in total. The Morgan fingerprint density at radius 3 is 0.692 bits per heavy atom. The molecule has 26 heavy (non-hydrogen) atoms. The van der Waals surface area contributed by atoms with Crippen molar-refractivity contribution in [1.29, 1.82) is 0 Å². The number of hydrogen-bond donors (Lipinski definition) is 0. The highest BCUT2D eigenvalue weighted by atomic mass is 14.4. The molecule has 0 spiro atoms. The van der Waals surface area contributed by atoms with Crippen molar-refractivity contribution in [1.82, 2.24) is 0 Å². The lowest BCUT2D eigenvalue weighted by Crippen LogP contribution is -2.30. The van der Waals surface area contributed by atoms with Gasteiger partial charge in [0.1, 0.15) is 0 Å². The molecule has 0 nitrogen and oxygen atoms in total. The van der Waals surface area contributed by atoms with Crippen LogP contribution in [0.25, 0.3) is 0 Å². The summed E-state index contributed by atoms with van der Waals surface area (Å²) in [7, 11) is 0. The molecule has 0 amide bonds. The van der Waals surface area contributed by atoms with Gasteiger partial charge in [0.2, 0.25) is 0 Å². The number of benzene rings is 4. The summed E-state index contributed by atoms with van der Waals surface area (Å²) in [6.45, 7) is 0. The summed E-state index contributed by atoms with van der Waals surface area (Å²) < 4.78 is 0. The molecule has 0 aliphatic rings. The second-order valence-electron chi connectivity index (χ2n) is 6.21. The van der Waals surface area contributed by atoms with E-state index in [1.165, 1.54) is 22.3 Å². The van der Waals surface area contributed by atoms with E-state index >= 15 is 0 Å². The zero-order valence-corrected chi connectivity index (χ0v) is 14.0. The van der Waals surface area contributed by atoms with Gasteiger partial charge in [-0.2, -0.15) is 0 Å². The fraction of sp³-hybridized carbons (Fsp3) is 0.0769. The van der Waals surface area contributed by atoms with E-state index in [-0.39, 0.29) is 12.8 Å². The molecule has 4 aromatic carbocycles. The first-order chi connectivity index (χ1) is 12.4. The van der Waals surface area contributed by atoms with Crippen LogP contribution in [0.15, 0.2) is 121 Å². The van der Waals surface area contributed by atoms with Crippen LogP contribution in [-0.4, -0.2) is 0 Å². The van der Waals surface area contributed by atoms with E-state index in [2.05, 4.69) is 121 Å². The van der Waals surface area contributed by atoms with Crippen LogP contribution in [0.1, 0.15) is 29.7 Å². The maximum atomic E-state index is 2.23. The van der Waals surface area contributed by atoms with E-state index in [1.807, 2.05) is 0 Å². The normalized spacial score (nSPS) is 10.8. The van der Waals surface area contributed by atoms with Crippen LogP contribution < -0.4 is 0 Å². The van der Waals surface area contributed by atoms with Crippen LogP contribution in [0.5, 0.6) is 0 Å². The fourth-order valence-electron chi connectivity index (χ4n) is 3.75. The fourth-order valence-corrected chi connectivity index (χ4v) is 3.75. The first-order valence-electron chi connectivity index (χ1n) is 8.64. The zero-order chi connectivity index (χ0) is 17.0. The Balaban J connectivity index is 0.00000196. The van der Waals surface area contributed by atoms with Gasteiger partial charge in [0, 0.05) is 0 Å². The predicted molar refractivity (Wildman–Crippen MR) is 111 cm³/mol. The molecule has 0 heterocycles. The monoisotopic (exact) mass is 336 g/mol. The van der Waals surface area contributed by atoms with E-state index in [9.17, 15) is 0 Å². The Hall–Kier alpha value is -3.12. The highest BCUT2D eigenvalue weighted by Crippen LogP contribution is 2.44. The summed E-state index contributed by atoms with van der Waals surface area (Å²) in [5, 5.41) is 0. The smallest absolute Gasteiger partial charge is 0.0701 e. The summed E-state index contributed by atoms with van der Waals surface area (Å²) in [5.74, 6) is 0. The van der Waals surface area contributed by atoms with Crippen molar-refractivity contribution in [3.05, 3.63) is 144 Å². The molecule has 0 saturated heterocycles. The van der Waals surface area contributed by atoms with E-state index in [4.69, 9.17) is 0 Å². The Bertz CT molecular complexity index is 747. The molecule has 0 aromatic heterocycles. The Morgan fingerprint density at radius 1 is 0.308 bits per heavy atom. The van der Waals surface area contributed by atoms with Gasteiger partial charge in [-0.15, -0.1) is 0 Å². The minimum absolute atomic E-state index is 0. The molecule has 0 bridgehead atoms. The third-order valence-electron chi connectivity index (χ3n) is 4.83. The topological polar surface area (TPSA) is 0 Å². The van der Waals surface area contributed by atoms with Gasteiger partial charge in [-0.1, -0.05) is 129 Å². The summed E-state index contributed by atoms with van der Waals surface area (Å²) >= 11 is 0.